The Morgan fingerprint density at radius 1 is 1.15 bits per heavy atom. The van der Waals surface area contributed by atoms with Crippen molar-refractivity contribution in [2.24, 2.45) is 0 Å². The molecular formula is C12H9ClN6O. The molecule has 3 aromatic rings. The second kappa shape index (κ2) is 5.14. The number of nitrogens with zero attached hydrogens (tertiary/aromatic N) is 3. The molecule has 7 nitrogen and oxygen atoms in total. The smallest absolute Gasteiger partial charge is 0.261 e. The van der Waals surface area contributed by atoms with Gasteiger partial charge in [0, 0.05) is 10.6 Å². The van der Waals surface area contributed by atoms with Crippen LogP contribution < -0.4 is 5.32 Å². The van der Waals surface area contributed by atoms with Gasteiger partial charge in [0.25, 0.3) is 5.91 Å². The van der Waals surface area contributed by atoms with Gasteiger partial charge in [0.2, 0.25) is 5.95 Å². The topological polar surface area (TPSA) is 99.3 Å². The highest BCUT2D eigenvalue weighted by atomic mass is 35.5. The minimum Gasteiger partial charge on any atom is -0.291 e. The highest BCUT2D eigenvalue weighted by Crippen LogP contribution is 2.23. The SMILES string of the molecule is O=C(Nc1ncn[nH]1)c1cn[nH]c1-c1ccc(Cl)cc1. The quantitative estimate of drug-likeness (QED) is 0.687. The number of aromatic nitrogens is 5. The lowest BCUT2D eigenvalue weighted by molar-refractivity contribution is 0.102. The molecule has 2 aromatic heterocycles. The largest absolute Gasteiger partial charge is 0.291 e. The molecule has 0 aliphatic heterocycles. The normalized spacial score (nSPS) is 10.4. The van der Waals surface area contributed by atoms with E-state index in [1.807, 2.05) is 0 Å². The number of halogens is 1. The fourth-order valence-electron chi connectivity index (χ4n) is 1.74. The zero-order valence-electron chi connectivity index (χ0n) is 10.1. The molecule has 0 aliphatic carbocycles. The summed E-state index contributed by atoms with van der Waals surface area (Å²) in [6.45, 7) is 0. The van der Waals surface area contributed by atoms with Crippen LogP contribution in [0.3, 0.4) is 0 Å². The summed E-state index contributed by atoms with van der Waals surface area (Å²) >= 11 is 5.85. The van der Waals surface area contributed by atoms with Crippen LogP contribution in [0.2, 0.25) is 5.02 Å². The predicted octanol–water partition coefficient (Wildman–Crippen LogP) is 2.10. The van der Waals surface area contributed by atoms with Crippen molar-refractivity contribution in [1.82, 2.24) is 25.4 Å². The third-order valence-corrected chi connectivity index (χ3v) is 2.92. The summed E-state index contributed by atoms with van der Waals surface area (Å²) in [5.74, 6) is -0.0568. The number of nitrogens with one attached hydrogen (secondary N) is 3. The molecule has 0 aliphatic rings. The van der Waals surface area contributed by atoms with Crippen molar-refractivity contribution in [2.75, 3.05) is 5.32 Å². The molecule has 100 valence electrons. The minimum absolute atomic E-state index is 0.276. The van der Waals surface area contributed by atoms with E-state index in [1.165, 1.54) is 12.5 Å². The predicted molar refractivity (Wildman–Crippen MR) is 73.4 cm³/mol. The van der Waals surface area contributed by atoms with Crippen LogP contribution in [-0.2, 0) is 0 Å². The lowest BCUT2D eigenvalue weighted by Crippen LogP contribution is -2.13. The van der Waals surface area contributed by atoms with Crippen molar-refractivity contribution in [1.29, 1.82) is 0 Å². The molecule has 2 heterocycles. The second-order valence-corrected chi connectivity index (χ2v) is 4.39. The Morgan fingerprint density at radius 2 is 1.95 bits per heavy atom. The number of carbonyl (C=O) groups excluding carboxylic acids is 1. The zero-order valence-corrected chi connectivity index (χ0v) is 10.8. The van der Waals surface area contributed by atoms with Crippen molar-refractivity contribution in [3.63, 3.8) is 0 Å². The van der Waals surface area contributed by atoms with Crippen molar-refractivity contribution in [2.45, 2.75) is 0 Å². The van der Waals surface area contributed by atoms with E-state index in [-0.39, 0.29) is 11.9 Å². The van der Waals surface area contributed by atoms with Gasteiger partial charge in [-0.3, -0.25) is 15.2 Å². The third-order valence-electron chi connectivity index (χ3n) is 2.66. The molecular weight excluding hydrogens is 280 g/mol. The Labute approximate surface area is 118 Å². The monoisotopic (exact) mass is 288 g/mol. The van der Waals surface area contributed by atoms with E-state index >= 15 is 0 Å². The summed E-state index contributed by atoms with van der Waals surface area (Å²) < 4.78 is 0. The maximum atomic E-state index is 12.1. The van der Waals surface area contributed by atoms with Gasteiger partial charge in [-0.05, 0) is 12.1 Å². The van der Waals surface area contributed by atoms with Crippen LogP contribution in [0.15, 0.2) is 36.8 Å². The van der Waals surface area contributed by atoms with Crippen LogP contribution in [0, 0.1) is 0 Å². The Bertz CT molecular complexity index is 719. The van der Waals surface area contributed by atoms with Gasteiger partial charge in [0.1, 0.15) is 6.33 Å². The van der Waals surface area contributed by atoms with E-state index in [9.17, 15) is 4.79 Å². The number of benzene rings is 1. The molecule has 0 radical (unpaired) electrons. The summed E-state index contributed by atoms with van der Waals surface area (Å²) in [4.78, 5) is 16.0. The standard InChI is InChI=1S/C12H9ClN6O/c13-8-3-1-7(2-4-8)10-9(5-15-18-10)11(20)17-12-14-6-16-19-12/h1-6H,(H,15,18)(H2,14,16,17,19,20). The molecule has 0 atom stereocenters. The first kappa shape index (κ1) is 12.4. The maximum Gasteiger partial charge on any atom is 0.261 e. The van der Waals surface area contributed by atoms with Crippen molar-refractivity contribution in [3.8, 4) is 11.3 Å². The second-order valence-electron chi connectivity index (χ2n) is 3.95. The van der Waals surface area contributed by atoms with Crippen LogP contribution in [0.5, 0.6) is 0 Å². The minimum atomic E-state index is -0.333. The van der Waals surface area contributed by atoms with Gasteiger partial charge in [-0.1, -0.05) is 23.7 Å². The summed E-state index contributed by atoms with van der Waals surface area (Å²) in [6.07, 6.45) is 2.76. The summed E-state index contributed by atoms with van der Waals surface area (Å²) in [5, 5.41) is 16.1. The van der Waals surface area contributed by atoms with Gasteiger partial charge in [0.05, 0.1) is 17.5 Å². The Balaban J connectivity index is 1.90. The van der Waals surface area contributed by atoms with E-state index in [4.69, 9.17) is 11.6 Å². The zero-order chi connectivity index (χ0) is 13.9. The van der Waals surface area contributed by atoms with Crippen LogP contribution in [0.25, 0.3) is 11.3 Å². The summed E-state index contributed by atoms with van der Waals surface area (Å²) in [7, 11) is 0. The first-order chi connectivity index (χ1) is 9.74. The van der Waals surface area contributed by atoms with Crippen LogP contribution in [0.4, 0.5) is 5.95 Å². The number of H-pyrrole nitrogens is 2. The van der Waals surface area contributed by atoms with Gasteiger partial charge in [-0.2, -0.15) is 15.2 Å². The number of carbonyl (C=O) groups is 1. The average molecular weight is 289 g/mol. The Kier molecular flexibility index (Phi) is 3.18. The number of hydrogen-bond acceptors (Lipinski definition) is 4. The molecule has 1 aromatic carbocycles. The van der Waals surface area contributed by atoms with Crippen molar-refractivity contribution >= 4 is 23.5 Å². The molecule has 0 unspecified atom stereocenters. The molecule has 0 saturated carbocycles. The highest BCUT2D eigenvalue weighted by molar-refractivity contribution is 6.30. The Hall–Kier alpha value is -2.67. The van der Waals surface area contributed by atoms with Gasteiger partial charge < -0.3 is 0 Å². The first-order valence-electron chi connectivity index (χ1n) is 5.70. The van der Waals surface area contributed by atoms with E-state index in [0.717, 1.165) is 5.56 Å². The van der Waals surface area contributed by atoms with E-state index in [0.29, 0.717) is 16.3 Å². The Morgan fingerprint density at radius 3 is 2.65 bits per heavy atom. The fourth-order valence-corrected chi connectivity index (χ4v) is 1.86. The molecule has 8 heteroatoms. The number of aromatic amines is 2. The number of rotatable bonds is 3. The van der Waals surface area contributed by atoms with Gasteiger partial charge >= 0.3 is 0 Å². The molecule has 1 amide bonds. The molecule has 0 fully saturated rings. The molecule has 20 heavy (non-hydrogen) atoms. The van der Waals surface area contributed by atoms with Crippen molar-refractivity contribution in [3.05, 3.63) is 47.4 Å². The summed E-state index contributed by atoms with van der Waals surface area (Å²) in [6, 6.07) is 7.11. The summed E-state index contributed by atoms with van der Waals surface area (Å²) in [5.41, 5.74) is 1.83. The fraction of sp³-hybridized carbons (Fsp3) is 0. The first-order valence-corrected chi connectivity index (χ1v) is 6.08. The lowest BCUT2D eigenvalue weighted by atomic mass is 10.1. The van der Waals surface area contributed by atoms with Crippen LogP contribution in [0.1, 0.15) is 10.4 Å². The molecule has 3 rings (SSSR count). The lowest BCUT2D eigenvalue weighted by Gasteiger charge is -2.03. The van der Waals surface area contributed by atoms with Gasteiger partial charge in [-0.25, -0.2) is 5.10 Å². The van der Waals surface area contributed by atoms with Gasteiger partial charge in [0.15, 0.2) is 0 Å². The highest BCUT2D eigenvalue weighted by Gasteiger charge is 2.16. The molecule has 0 spiro atoms. The maximum absolute atomic E-state index is 12.1. The van der Waals surface area contributed by atoms with E-state index in [2.05, 4.69) is 30.7 Å². The van der Waals surface area contributed by atoms with Crippen LogP contribution >= 0.6 is 11.6 Å². The molecule has 0 saturated heterocycles. The average Bonchev–Trinajstić information content (AvgIpc) is 3.10. The number of hydrogen-bond donors (Lipinski definition) is 3. The third kappa shape index (κ3) is 2.39. The number of anilines is 1. The van der Waals surface area contributed by atoms with E-state index < -0.39 is 0 Å². The molecule has 0 bridgehead atoms. The van der Waals surface area contributed by atoms with E-state index in [1.54, 1.807) is 24.3 Å². The van der Waals surface area contributed by atoms with Crippen LogP contribution in [-0.4, -0.2) is 31.3 Å². The number of amides is 1. The van der Waals surface area contributed by atoms with Gasteiger partial charge in [-0.15, -0.1) is 0 Å². The molecule has 3 N–H and O–H groups in total. The van der Waals surface area contributed by atoms with Crippen molar-refractivity contribution < 1.29 is 4.79 Å².